The molecule has 0 heterocycles. The van der Waals surface area contributed by atoms with Gasteiger partial charge in [-0.15, -0.1) is 0 Å². The zero-order chi connectivity index (χ0) is 9.98. The highest BCUT2D eigenvalue weighted by molar-refractivity contribution is 5.49. The molecule has 1 atom stereocenters. The van der Waals surface area contributed by atoms with Crippen LogP contribution < -0.4 is 5.32 Å². The molecule has 1 unspecified atom stereocenters. The van der Waals surface area contributed by atoms with E-state index in [0.717, 1.165) is 12.8 Å². The number of hydrogen-bond donors (Lipinski definition) is 1. The van der Waals surface area contributed by atoms with E-state index in [1.807, 2.05) is 20.9 Å². The lowest BCUT2D eigenvalue weighted by Gasteiger charge is -2.16. The molecule has 0 saturated carbocycles. The van der Waals surface area contributed by atoms with Crippen molar-refractivity contribution in [1.29, 1.82) is 0 Å². The second kappa shape index (κ2) is 10.6. The number of carbonyl (C=O) groups is 1. The smallest absolute Gasteiger partial charge is 0.120 e. The fourth-order valence-corrected chi connectivity index (χ4v) is 0.977. The molecule has 74 valence electrons. The second-order valence-corrected chi connectivity index (χ2v) is 2.96. The number of carbonyl (C=O) groups excluding carboxylic acids is 1. The van der Waals surface area contributed by atoms with Gasteiger partial charge in [-0.2, -0.15) is 0 Å². The van der Waals surface area contributed by atoms with Crippen molar-refractivity contribution < 1.29 is 4.79 Å². The third kappa shape index (κ3) is 7.73. The predicted molar refractivity (Wildman–Crippen MR) is 54.3 cm³/mol. The average molecular weight is 173 g/mol. The van der Waals surface area contributed by atoms with Crippen LogP contribution in [0.25, 0.3) is 0 Å². The highest BCUT2D eigenvalue weighted by atomic mass is 16.1. The van der Waals surface area contributed by atoms with Crippen LogP contribution in [-0.4, -0.2) is 19.9 Å². The topological polar surface area (TPSA) is 29.1 Å². The van der Waals surface area contributed by atoms with E-state index in [4.69, 9.17) is 0 Å². The van der Waals surface area contributed by atoms with Gasteiger partial charge in [0.2, 0.25) is 0 Å². The SMILES string of the molecule is CC.CNCC(CC=O)C(C)C. The fourth-order valence-electron chi connectivity index (χ4n) is 0.977. The first-order chi connectivity index (χ1) is 5.72. The summed E-state index contributed by atoms with van der Waals surface area (Å²) in [7, 11) is 1.92. The Labute approximate surface area is 76.7 Å². The molecule has 0 radical (unpaired) electrons. The number of hydrogen-bond acceptors (Lipinski definition) is 2. The molecule has 0 aromatic heterocycles. The minimum absolute atomic E-state index is 0.502. The van der Waals surface area contributed by atoms with Crippen LogP contribution in [0, 0.1) is 11.8 Å². The third-order valence-electron chi connectivity index (χ3n) is 1.81. The van der Waals surface area contributed by atoms with Crippen LogP contribution in [0.1, 0.15) is 34.1 Å². The molecule has 0 aromatic rings. The van der Waals surface area contributed by atoms with E-state index in [-0.39, 0.29) is 0 Å². The van der Waals surface area contributed by atoms with Crippen LogP contribution in [0.4, 0.5) is 0 Å². The number of aldehydes is 1. The van der Waals surface area contributed by atoms with Gasteiger partial charge >= 0.3 is 0 Å². The van der Waals surface area contributed by atoms with Crippen LogP contribution in [0.15, 0.2) is 0 Å². The summed E-state index contributed by atoms with van der Waals surface area (Å²) in [6, 6.07) is 0. The molecular formula is C10H23NO. The lowest BCUT2D eigenvalue weighted by molar-refractivity contribution is -0.108. The first-order valence-corrected chi connectivity index (χ1v) is 4.80. The lowest BCUT2D eigenvalue weighted by Crippen LogP contribution is -2.23. The molecule has 0 fully saturated rings. The van der Waals surface area contributed by atoms with Crippen molar-refractivity contribution in [1.82, 2.24) is 5.32 Å². The van der Waals surface area contributed by atoms with E-state index < -0.39 is 0 Å². The van der Waals surface area contributed by atoms with Gasteiger partial charge in [-0.1, -0.05) is 27.7 Å². The van der Waals surface area contributed by atoms with Crippen LogP contribution in [0.3, 0.4) is 0 Å². The molecule has 12 heavy (non-hydrogen) atoms. The summed E-state index contributed by atoms with van der Waals surface area (Å²) in [6.07, 6.45) is 1.68. The molecule has 0 aromatic carbocycles. The van der Waals surface area contributed by atoms with Gasteiger partial charge in [0.1, 0.15) is 6.29 Å². The predicted octanol–water partition coefficient (Wildman–Crippen LogP) is 2.09. The summed E-state index contributed by atoms with van der Waals surface area (Å²) >= 11 is 0. The molecule has 0 amide bonds. The van der Waals surface area contributed by atoms with Crippen molar-refractivity contribution in [3.63, 3.8) is 0 Å². The molecule has 0 saturated heterocycles. The summed E-state index contributed by atoms with van der Waals surface area (Å²) in [4.78, 5) is 10.2. The normalized spacial score (nSPS) is 11.8. The van der Waals surface area contributed by atoms with E-state index in [9.17, 15) is 4.79 Å². The molecule has 0 spiro atoms. The minimum Gasteiger partial charge on any atom is -0.319 e. The fraction of sp³-hybridized carbons (Fsp3) is 0.900. The van der Waals surface area contributed by atoms with Gasteiger partial charge in [0.25, 0.3) is 0 Å². The molecule has 0 rings (SSSR count). The molecule has 0 aliphatic carbocycles. The second-order valence-electron chi connectivity index (χ2n) is 2.96. The summed E-state index contributed by atoms with van der Waals surface area (Å²) < 4.78 is 0. The van der Waals surface area contributed by atoms with E-state index >= 15 is 0 Å². The molecular weight excluding hydrogens is 150 g/mol. The lowest BCUT2D eigenvalue weighted by atomic mass is 9.93. The van der Waals surface area contributed by atoms with Crippen molar-refractivity contribution in [3.8, 4) is 0 Å². The zero-order valence-corrected chi connectivity index (χ0v) is 9.05. The third-order valence-corrected chi connectivity index (χ3v) is 1.81. The van der Waals surface area contributed by atoms with E-state index in [1.54, 1.807) is 0 Å². The quantitative estimate of drug-likeness (QED) is 0.645. The average Bonchev–Trinajstić information content (AvgIpc) is 2.08. The van der Waals surface area contributed by atoms with Gasteiger partial charge in [0, 0.05) is 6.42 Å². The monoisotopic (exact) mass is 173 g/mol. The summed E-state index contributed by atoms with van der Waals surface area (Å²) in [5.74, 6) is 1.10. The zero-order valence-electron chi connectivity index (χ0n) is 9.05. The summed E-state index contributed by atoms with van der Waals surface area (Å²) in [5, 5.41) is 3.08. The first-order valence-electron chi connectivity index (χ1n) is 4.80. The van der Waals surface area contributed by atoms with Crippen LogP contribution >= 0.6 is 0 Å². The Morgan fingerprint density at radius 1 is 1.33 bits per heavy atom. The van der Waals surface area contributed by atoms with Crippen molar-refractivity contribution in [3.05, 3.63) is 0 Å². The molecule has 1 N–H and O–H groups in total. The van der Waals surface area contributed by atoms with Crippen molar-refractivity contribution >= 4 is 6.29 Å². The molecule has 2 heteroatoms. The standard InChI is InChI=1S/C8H17NO.C2H6/c1-7(2)8(4-5-10)6-9-3;1-2/h5,7-9H,4,6H2,1-3H3;1-2H3. The van der Waals surface area contributed by atoms with Crippen molar-refractivity contribution in [2.75, 3.05) is 13.6 Å². The van der Waals surface area contributed by atoms with E-state index in [2.05, 4.69) is 19.2 Å². The highest BCUT2D eigenvalue weighted by Crippen LogP contribution is 2.11. The van der Waals surface area contributed by atoms with Gasteiger partial charge in [-0.05, 0) is 25.4 Å². The van der Waals surface area contributed by atoms with E-state index in [1.165, 1.54) is 0 Å². The molecule has 2 nitrogen and oxygen atoms in total. The Morgan fingerprint density at radius 2 is 1.83 bits per heavy atom. The van der Waals surface area contributed by atoms with Gasteiger partial charge in [0.05, 0.1) is 0 Å². The van der Waals surface area contributed by atoms with Gasteiger partial charge in [-0.25, -0.2) is 0 Å². The Morgan fingerprint density at radius 3 is 2.08 bits per heavy atom. The molecule has 0 aliphatic rings. The maximum atomic E-state index is 10.2. The first kappa shape index (κ1) is 14.2. The van der Waals surface area contributed by atoms with Gasteiger partial charge in [0.15, 0.2) is 0 Å². The Bertz CT molecular complexity index is 91.8. The van der Waals surface area contributed by atoms with Gasteiger partial charge < -0.3 is 10.1 Å². The summed E-state index contributed by atoms with van der Waals surface area (Å²) in [5.41, 5.74) is 0. The largest absolute Gasteiger partial charge is 0.319 e. The number of nitrogens with one attached hydrogen (secondary N) is 1. The van der Waals surface area contributed by atoms with Crippen molar-refractivity contribution in [2.24, 2.45) is 11.8 Å². The maximum Gasteiger partial charge on any atom is 0.120 e. The highest BCUT2D eigenvalue weighted by Gasteiger charge is 2.10. The summed E-state index contributed by atoms with van der Waals surface area (Å²) in [6.45, 7) is 9.23. The molecule has 0 bridgehead atoms. The molecule has 0 aliphatic heterocycles. The van der Waals surface area contributed by atoms with Crippen LogP contribution in [-0.2, 0) is 4.79 Å². The maximum absolute atomic E-state index is 10.2. The minimum atomic E-state index is 0.502. The van der Waals surface area contributed by atoms with E-state index in [0.29, 0.717) is 18.3 Å². The Kier molecular flexibility index (Phi) is 12.6. The Balaban J connectivity index is 0. The Hall–Kier alpha value is -0.370. The van der Waals surface area contributed by atoms with Gasteiger partial charge in [-0.3, -0.25) is 0 Å². The van der Waals surface area contributed by atoms with Crippen LogP contribution in [0.5, 0.6) is 0 Å². The van der Waals surface area contributed by atoms with Crippen LogP contribution in [0.2, 0.25) is 0 Å². The number of rotatable bonds is 5. The van der Waals surface area contributed by atoms with Crippen molar-refractivity contribution in [2.45, 2.75) is 34.1 Å².